The second-order valence-corrected chi connectivity index (χ2v) is 2.01. The summed E-state index contributed by atoms with van der Waals surface area (Å²) in [5, 5.41) is 0. The second-order valence-electron chi connectivity index (χ2n) is 2.01. The van der Waals surface area contributed by atoms with E-state index in [1.807, 2.05) is 13.8 Å². The van der Waals surface area contributed by atoms with E-state index in [1.165, 1.54) is 0 Å². The maximum Gasteiger partial charge on any atom is 0.105 e. The standard InChI is InChI=1S/C6H14NO/c1-4-6(7)8-5(2)3/h5-6H,1,4,7H2,2-3H3. The summed E-state index contributed by atoms with van der Waals surface area (Å²) >= 11 is 0. The lowest BCUT2D eigenvalue weighted by Crippen LogP contribution is -2.25. The fourth-order valence-electron chi connectivity index (χ4n) is 0.418. The van der Waals surface area contributed by atoms with Gasteiger partial charge in [0.15, 0.2) is 0 Å². The van der Waals surface area contributed by atoms with Crippen LogP contribution in [0.4, 0.5) is 0 Å². The highest BCUT2D eigenvalue weighted by atomic mass is 16.5. The molecular formula is C6H14NO. The summed E-state index contributed by atoms with van der Waals surface area (Å²) < 4.78 is 5.11. The summed E-state index contributed by atoms with van der Waals surface area (Å²) in [7, 11) is 0. The minimum absolute atomic E-state index is 0.185. The van der Waals surface area contributed by atoms with Gasteiger partial charge in [0.25, 0.3) is 0 Å². The predicted molar refractivity (Wildman–Crippen MR) is 34.2 cm³/mol. The molecule has 0 saturated heterocycles. The molecule has 0 fully saturated rings. The van der Waals surface area contributed by atoms with E-state index in [2.05, 4.69) is 6.92 Å². The van der Waals surface area contributed by atoms with Crippen LogP contribution in [0.25, 0.3) is 0 Å². The van der Waals surface area contributed by atoms with Crippen LogP contribution in [0.5, 0.6) is 0 Å². The molecule has 0 heterocycles. The average Bonchev–Trinajstić information content (AvgIpc) is 1.65. The summed E-state index contributed by atoms with van der Waals surface area (Å²) in [4.78, 5) is 0. The van der Waals surface area contributed by atoms with Crippen LogP contribution in [0, 0.1) is 6.92 Å². The SMILES string of the molecule is [CH2]CC(N)OC(C)C. The third-order valence-electron chi connectivity index (χ3n) is 0.731. The third-order valence-corrected chi connectivity index (χ3v) is 0.731. The molecule has 8 heavy (non-hydrogen) atoms. The molecule has 0 aliphatic carbocycles. The first-order valence-electron chi connectivity index (χ1n) is 2.87. The Balaban J connectivity index is 3.10. The molecule has 49 valence electrons. The van der Waals surface area contributed by atoms with Crippen molar-refractivity contribution >= 4 is 0 Å². The zero-order chi connectivity index (χ0) is 6.57. The Morgan fingerprint density at radius 3 is 2.25 bits per heavy atom. The molecule has 2 nitrogen and oxygen atoms in total. The third kappa shape index (κ3) is 4.09. The molecule has 0 amide bonds. The van der Waals surface area contributed by atoms with E-state index < -0.39 is 0 Å². The van der Waals surface area contributed by atoms with Crippen LogP contribution in [0.15, 0.2) is 0 Å². The van der Waals surface area contributed by atoms with E-state index >= 15 is 0 Å². The summed E-state index contributed by atoms with van der Waals surface area (Å²) in [6.07, 6.45) is 0.666. The highest BCUT2D eigenvalue weighted by Gasteiger charge is 1.99. The predicted octanol–water partition coefficient (Wildman–Crippen LogP) is 0.920. The fraction of sp³-hybridized carbons (Fsp3) is 0.833. The first-order chi connectivity index (χ1) is 3.66. The van der Waals surface area contributed by atoms with Crippen molar-refractivity contribution in [2.24, 2.45) is 5.73 Å². The lowest BCUT2D eigenvalue weighted by atomic mass is 10.4. The Kier molecular flexibility index (Phi) is 3.83. The Bertz CT molecular complexity index is 54.5. The molecule has 2 heteroatoms. The van der Waals surface area contributed by atoms with Crippen molar-refractivity contribution in [3.63, 3.8) is 0 Å². The van der Waals surface area contributed by atoms with E-state index in [0.717, 1.165) is 0 Å². The normalized spacial score (nSPS) is 14.6. The maximum absolute atomic E-state index is 5.39. The largest absolute Gasteiger partial charge is 0.361 e. The van der Waals surface area contributed by atoms with Gasteiger partial charge in [0.05, 0.1) is 6.10 Å². The van der Waals surface area contributed by atoms with Crippen LogP contribution in [0.2, 0.25) is 0 Å². The Labute approximate surface area is 51.0 Å². The van der Waals surface area contributed by atoms with Crippen molar-refractivity contribution < 1.29 is 4.74 Å². The summed E-state index contributed by atoms with van der Waals surface area (Å²) in [5.41, 5.74) is 5.39. The quantitative estimate of drug-likeness (QED) is 0.556. The molecule has 0 aliphatic rings. The van der Waals surface area contributed by atoms with Gasteiger partial charge in [-0.15, -0.1) is 0 Å². The minimum Gasteiger partial charge on any atom is -0.361 e. The van der Waals surface area contributed by atoms with E-state index in [0.29, 0.717) is 6.42 Å². The molecular weight excluding hydrogens is 102 g/mol. The fourth-order valence-corrected chi connectivity index (χ4v) is 0.418. The molecule has 0 aromatic carbocycles. The minimum atomic E-state index is -0.185. The van der Waals surface area contributed by atoms with Crippen molar-refractivity contribution in [2.75, 3.05) is 0 Å². The molecule has 0 saturated carbocycles. The Morgan fingerprint density at radius 1 is 1.62 bits per heavy atom. The van der Waals surface area contributed by atoms with Crippen LogP contribution in [-0.4, -0.2) is 12.3 Å². The van der Waals surface area contributed by atoms with Gasteiger partial charge < -0.3 is 10.5 Å². The zero-order valence-corrected chi connectivity index (χ0v) is 5.55. The van der Waals surface area contributed by atoms with Crippen molar-refractivity contribution in [1.82, 2.24) is 0 Å². The van der Waals surface area contributed by atoms with Gasteiger partial charge >= 0.3 is 0 Å². The molecule has 0 aliphatic heterocycles. The lowest BCUT2D eigenvalue weighted by molar-refractivity contribution is 0.0134. The summed E-state index contributed by atoms with van der Waals surface area (Å²) in [6, 6.07) is 0. The first kappa shape index (κ1) is 7.92. The van der Waals surface area contributed by atoms with Gasteiger partial charge in [0.1, 0.15) is 6.23 Å². The van der Waals surface area contributed by atoms with Gasteiger partial charge in [-0.25, -0.2) is 0 Å². The monoisotopic (exact) mass is 116 g/mol. The van der Waals surface area contributed by atoms with Crippen LogP contribution >= 0.6 is 0 Å². The average molecular weight is 116 g/mol. The van der Waals surface area contributed by atoms with Gasteiger partial charge in [-0.2, -0.15) is 0 Å². The zero-order valence-electron chi connectivity index (χ0n) is 5.55. The summed E-state index contributed by atoms with van der Waals surface area (Å²) in [5.74, 6) is 0. The van der Waals surface area contributed by atoms with Gasteiger partial charge in [-0.1, -0.05) is 0 Å². The molecule has 0 aromatic heterocycles. The van der Waals surface area contributed by atoms with E-state index in [9.17, 15) is 0 Å². The summed E-state index contributed by atoms with van der Waals surface area (Å²) in [6.45, 7) is 7.50. The van der Waals surface area contributed by atoms with Crippen molar-refractivity contribution in [3.8, 4) is 0 Å². The van der Waals surface area contributed by atoms with Crippen molar-refractivity contribution in [3.05, 3.63) is 6.92 Å². The number of rotatable bonds is 3. The molecule has 1 atom stereocenters. The topological polar surface area (TPSA) is 35.2 Å². The highest BCUT2D eigenvalue weighted by molar-refractivity contribution is 4.50. The lowest BCUT2D eigenvalue weighted by Gasteiger charge is -2.12. The first-order valence-corrected chi connectivity index (χ1v) is 2.87. The Morgan fingerprint density at radius 2 is 2.12 bits per heavy atom. The smallest absolute Gasteiger partial charge is 0.105 e. The molecule has 0 aromatic rings. The van der Waals surface area contributed by atoms with Gasteiger partial charge in [-0.05, 0) is 27.2 Å². The van der Waals surface area contributed by atoms with Gasteiger partial charge in [0.2, 0.25) is 0 Å². The number of ether oxygens (including phenoxy) is 1. The van der Waals surface area contributed by atoms with Crippen molar-refractivity contribution in [1.29, 1.82) is 0 Å². The van der Waals surface area contributed by atoms with Crippen LogP contribution in [0.3, 0.4) is 0 Å². The van der Waals surface area contributed by atoms with Crippen LogP contribution in [0.1, 0.15) is 20.3 Å². The highest BCUT2D eigenvalue weighted by Crippen LogP contribution is 1.93. The maximum atomic E-state index is 5.39. The van der Waals surface area contributed by atoms with Crippen LogP contribution < -0.4 is 5.73 Å². The molecule has 0 bridgehead atoms. The molecule has 0 spiro atoms. The van der Waals surface area contributed by atoms with E-state index in [4.69, 9.17) is 10.5 Å². The molecule has 0 rings (SSSR count). The molecule has 2 N–H and O–H groups in total. The van der Waals surface area contributed by atoms with Gasteiger partial charge in [0, 0.05) is 0 Å². The van der Waals surface area contributed by atoms with Crippen LogP contribution in [-0.2, 0) is 4.74 Å². The van der Waals surface area contributed by atoms with Crippen molar-refractivity contribution in [2.45, 2.75) is 32.6 Å². The van der Waals surface area contributed by atoms with E-state index in [-0.39, 0.29) is 12.3 Å². The second kappa shape index (κ2) is 3.87. The van der Waals surface area contributed by atoms with E-state index in [1.54, 1.807) is 0 Å². The number of hydrogen-bond acceptors (Lipinski definition) is 2. The number of nitrogens with two attached hydrogens (primary N) is 1. The Hall–Kier alpha value is -0.0800. The van der Waals surface area contributed by atoms with Gasteiger partial charge in [-0.3, -0.25) is 0 Å². The number of hydrogen-bond donors (Lipinski definition) is 1. The molecule has 1 radical (unpaired) electrons. The molecule has 1 unspecified atom stereocenters.